The van der Waals surface area contributed by atoms with Gasteiger partial charge in [0.2, 0.25) is 5.91 Å². The molecule has 0 spiro atoms. The van der Waals surface area contributed by atoms with Crippen LogP contribution in [-0.4, -0.2) is 38.7 Å². The minimum absolute atomic E-state index is 0.289. The van der Waals surface area contributed by atoms with Crippen LogP contribution in [0.25, 0.3) is 0 Å². The number of piperidine rings is 1. The van der Waals surface area contributed by atoms with E-state index in [-0.39, 0.29) is 5.91 Å². The normalized spacial score (nSPS) is 20.5. The number of rotatable bonds is 4. The topological polar surface area (TPSA) is 51.0 Å². The van der Waals surface area contributed by atoms with E-state index < -0.39 is 0 Å². The van der Waals surface area contributed by atoms with Gasteiger partial charge in [-0.2, -0.15) is 5.10 Å². The molecule has 1 aliphatic heterocycles. The van der Waals surface area contributed by atoms with E-state index in [1.807, 2.05) is 9.58 Å². The van der Waals surface area contributed by atoms with E-state index in [4.69, 9.17) is 0 Å². The molecule has 0 aromatic carbocycles. The molecular formula is C12H20N4O. The summed E-state index contributed by atoms with van der Waals surface area (Å²) in [6.45, 7) is 3.79. The zero-order valence-corrected chi connectivity index (χ0v) is 10.4. The summed E-state index contributed by atoms with van der Waals surface area (Å²) in [6.07, 6.45) is 8.18. The third kappa shape index (κ3) is 3.05. The van der Waals surface area contributed by atoms with Gasteiger partial charge in [0.25, 0.3) is 0 Å². The Morgan fingerprint density at radius 1 is 1.53 bits per heavy atom. The zero-order chi connectivity index (χ0) is 12.1. The summed E-state index contributed by atoms with van der Waals surface area (Å²) >= 11 is 0. The fraction of sp³-hybridized carbons (Fsp3) is 0.750. The number of unbranched alkanes of at least 4 members (excludes halogenated alkanes) is 1. The van der Waals surface area contributed by atoms with Crippen LogP contribution >= 0.6 is 0 Å². The molecule has 2 heterocycles. The molecule has 1 saturated heterocycles. The molecule has 1 fully saturated rings. The first-order valence-electron chi connectivity index (χ1n) is 6.43. The van der Waals surface area contributed by atoms with E-state index >= 15 is 0 Å². The second-order valence-electron chi connectivity index (χ2n) is 4.61. The molecular weight excluding hydrogens is 216 g/mol. The number of hydrogen-bond acceptors (Lipinski definition) is 3. The van der Waals surface area contributed by atoms with Gasteiger partial charge in [0.15, 0.2) is 0 Å². The van der Waals surface area contributed by atoms with Crippen LogP contribution in [0.4, 0.5) is 0 Å². The summed E-state index contributed by atoms with van der Waals surface area (Å²) in [7, 11) is 0. The van der Waals surface area contributed by atoms with Crippen molar-refractivity contribution < 1.29 is 4.79 Å². The molecule has 1 aromatic heterocycles. The molecule has 1 aliphatic rings. The van der Waals surface area contributed by atoms with E-state index in [0.717, 1.165) is 38.8 Å². The van der Waals surface area contributed by atoms with E-state index in [1.165, 1.54) is 0 Å². The molecule has 0 bridgehead atoms. The van der Waals surface area contributed by atoms with Crippen molar-refractivity contribution in [2.45, 2.75) is 45.1 Å². The first-order valence-corrected chi connectivity index (χ1v) is 6.43. The predicted octanol–water partition coefficient (Wildman–Crippen LogP) is 1.63. The van der Waals surface area contributed by atoms with Crippen LogP contribution in [0.1, 0.15) is 45.1 Å². The molecule has 0 aliphatic carbocycles. The van der Waals surface area contributed by atoms with Gasteiger partial charge in [-0.3, -0.25) is 4.79 Å². The number of hydrogen-bond donors (Lipinski definition) is 0. The first-order chi connectivity index (χ1) is 8.31. The van der Waals surface area contributed by atoms with Crippen molar-refractivity contribution in [3.8, 4) is 0 Å². The number of amides is 1. The van der Waals surface area contributed by atoms with Gasteiger partial charge in [0.05, 0.1) is 6.04 Å². The Morgan fingerprint density at radius 3 is 3.12 bits per heavy atom. The zero-order valence-electron chi connectivity index (χ0n) is 10.4. The summed E-state index contributed by atoms with van der Waals surface area (Å²) in [5.41, 5.74) is 0. The maximum Gasteiger partial charge on any atom is 0.222 e. The average Bonchev–Trinajstić information content (AvgIpc) is 2.90. The van der Waals surface area contributed by atoms with Crippen LogP contribution in [0.3, 0.4) is 0 Å². The highest BCUT2D eigenvalue weighted by Gasteiger charge is 2.24. The minimum atomic E-state index is 0.289. The second-order valence-corrected chi connectivity index (χ2v) is 4.61. The van der Waals surface area contributed by atoms with E-state index in [2.05, 4.69) is 17.0 Å². The highest BCUT2D eigenvalue weighted by Crippen LogP contribution is 2.21. The second kappa shape index (κ2) is 5.80. The quantitative estimate of drug-likeness (QED) is 0.798. The smallest absolute Gasteiger partial charge is 0.222 e. The summed E-state index contributed by atoms with van der Waals surface area (Å²) in [5, 5.41) is 4.16. The van der Waals surface area contributed by atoms with E-state index in [1.54, 1.807) is 12.7 Å². The number of carbonyl (C=O) groups is 1. The van der Waals surface area contributed by atoms with Gasteiger partial charge < -0.3 is 4.90 Å². The highest BCUT2D eigenvalue weighted by molar-refractivity contribution is 5.76. The Balaban J connectivity index is 1.90. The Labute approximate surface area is 102 Å². The summed E-state index contributed by atoms with van der Waals surface area (Å²) in [4.78, 5) is 17.9. The lowest BCUT2D eigenvalue weighted by molar-refractivity contribution is -0.133. The molecule has 0 N–H and O–H groups in total. The highest BCUT2D eigenvalue weighted by atomic mass is 16.2. The lowest BCUT2D eigenvalue weighted by atomic mass is 10.1. The van der Waals surface area contributed by atoms with Gasteiger partial charge in [0.1, 0.15) is 12.7 Å². The molecule has 17 heavy (non-hydrogen) atoms. The third-order valence-electron chi connectivity index (χ3n) is 3.30. The fourth-order valence-electron chi connectivity index (χ4n) is 2.29. The molecule has 0 saturated carbocycles. The van der Waals surface area contributed by atoms with Crippen LogP contribution in [0.2, 0.25) is 0 Å². The Hall–Kier alpha value is -1.39. The fourth-order valence-corrected chi connectivity index (χ4v) is 2.29. The van der Waals surface area contributed by atoms with E-state index in [0.29, 0.717) is 12.5 Å². The summed E-state index contributed by atoms with van der Waals surface area (Å²) in [5.74, 6) is 0.289. The van der Waals surface area contributed by atoms with Gasteiger partial charge in [-0.05, 0) is 19.3 Å². The lowest BCUT2D eigenvalue weighted by Gasteiger charge is -2.32. The summed E-state index contributed by atoms with van der Waals surface area (Å²) in [6, 6.07) is 0.303. The Kier molecular flexibility index (Phi) is 4.12. The number of nitrogens with zero attached hydrogens (tertiary/aromatic N) is 4. The standard InChI is InChI=1S/C12H20N4O/c1-2-3-6-12(17)15-7-4-5-11(8-15)16-10-13-9-14-16/h9-11H,2-8H2,1H3/t11-/m1/s1. The lowest BCUT2D eigenvalue weighted by Crippen LogP contribution is -2.40. The van der Waals surface area contributed by atoms with Crippen molar-refractivity contribution >= 4 is 5.91 Å². The van der Waals surface area contributed by atoms with Crippen LogP contribution < -0.4 is 0 Å². The van der Waals surface area contributed by atoms with Crippen molar-refractivity contribution in [3.63, 3.8) is 0 Å². The van der Waals surface area contributed by atoms with Crippen molar-refractivity contribution in [2.75, 3.05) is 13.1 Å². The van der Waals surface area contributed by atoms with Crippen molar-refractivity contribution in [1.29, 1.82) is 0 Å². The molecule has 5 heteroatoms. The largest absolute Gasteiger partial charge is 0.341 e. The Morgan fingerprint density at radius 2 is 2.41 bits per heavy atom. The molecule has 1 aromatic rings. The van der Waals surface area contributed by atoms with Gasteiger partial charge in [0, 0.05) is 19.5 Å². The average molecular weight is 236 g/mol. The maximum atomic E-state index is 12.0. The molecule has 1 atom stereocenters. The van der Waals surface area contributed by atoms with Gasteiger partial charge in [-0.1, -0.05) is 13.3 Å². The SMILES string of the molecule is CCCCC(=O)N1CCC[C@@H](n2cncn2)C1. The molecule has 94 valence electrons. The molecule has 5 nitrogen and oxygen atoms in total. The molecule has 0 radical (unpaired) electrons. The van der Waals surface area contributed by atoms with Gasteiger partial charge in [-0.15, -0.1) is 0 Å². The van der Waals surface area contributed by atoms with Crippen LogP contribution in [-0.2, 0) is 4.79 Å². The number of likely N-dealkylation sites (tertiary alicyclic amines) is 1. The van der Waals surface area contributed by atoms with Crippen LogP contribution in [0.15, 0.2) is 12.7 Å². The first kappa shape index (κ1) is 12.1. The number of aromatic nitrogens is 3. The monoisotopic (exact) mass is 236 g/mol. The van der Waals surface area contributed by atoms with Gasteiger partial charge >= 0.3 is 0 Å². The summed E-state index contributed by atoms with van der Waals surface area (Å²) < 4.78 is 1.87. The van der Waals surface area contributed by atoms with Crippen LogP contribution in [0, 0.1) is 0 Å². The maximum absolute atomic E-state index is 12.0. The van der Waals surface area contributed by atoms with Crippen molar-refractivity contribution in [1.82, 2.24) is 19.7 Å². The van der Waals surface area contributed by atoms with Gasteiger partial charge in [-0.25, -0.2) is 9.67 Å². The minimum Gasteiger partial charge on any atom is -0.341 e. The van der Waals surface area contributed by atoms with Crippen molar-refractivity contribution in [3.05, 3.63) is 12.7 Å². The van der Waals surface area contributed by atoms with E-state index in [9.17, 15) is 4.79 Å². The van der Waals surface area contributed by atoms with Crippen LogP contribution in [0.5, 0.6) is 0 Å². The Bertz CT molecular complexity index is 349. The molecule has 0 unspecified atom stereocenters. The molecule has 2 rings (SSSR count). The number of carbonyl (C=O) groups excluding carboxylic acids is 1. The molecule has 1 amide bonds. The van der Waals surface area contributed by atoms with Crippen molar-refractivity contribution in [2.24, 2.45) is 0 Å². The predicted molar refractivity (Wildman–Crippen MR) is 64.4 cm³/mol. The third-order valence-corrected chi connectivity index (χ3v) is 3.30.